The van der Waals surface area contributed by atoms with Crippen LogP contribution in [0.3, 0.4) is 0 Å². The summed E-state index contributed by atoms with van der Waals surface area (Å²) in [6.45, 7) is 0.938. The number of methoxy groups -OCH3 is 2. The molecule has 1 unspecified atom stereocenters. The first-order valence-corrected chi connectivity index (χ1v) is 13.5. The number of unbranched alkanes of at least 4 members (excludes halogenated alkanes) is 1. The molecular formula is C23H33NO5S2. The van der Waals surface area contributed by atoms with Gasteiger partial charge in [0, 0.05) is 30.4 Å². The molecule has 1 amide bonds. The zero-order chi connectivity index (χ0) is 22.1. The number of hydrogen-bond donors (Lipinski definition) is 0. The van der Waals surface area contributed by atoms with Crippen molar-refractivity contribution < 1.29 is 23.8 Å². The van der Waals surface area contributed by atoms with Crippen LogP contribution in [0.4, 0.5) is 0 Å². The second-order valence-corrected chi connectivity index (χ2v) is 10.7. The minimum absolute atomic E-state index is 0.0905. The molecule has 2 aliphatic heterocycles. The number of esters is 1. The highest BCUT2D eigenvalue weighted by Gasteiger charge is 2.34. The van der Waals surface area contributed by atoms with E-state index in [1.807, 2.05) is 39.8 Å². The van der Waals surface area contributed by atoms with E-state index in [1.54, 1.807) is 19.1 Å². The minimum atomic E-state index is -0.431. The van der Waals surface area contributed by atoms with Gasteiger partial charge in [0.25, 0.3) is 0 Å². The largest absolute Gasteiger partial charge is 0.493 e. The van der Waals surface area contributed by atoms with Crippen LogP contribution >= 0.6 is 21.6 Å². The first-order valence-electron chi connectivity index (χ1n) is 11.1. The molecular weight excluding hydrogens is 434 g/mol. The van der Waals surface area contributed by atoms with Crippen molar-refractivity contribution in [3.8, 4) is 11.5 Å². The van der Waals surface area contributed by atoms with E-state index in [1.165, 1.54) is 18.6 Å². The van der Waals surface area contributed by atoms with E-state index in [0.29, 0.717) is 37.3 Å². The predicted molar refractivity (Wildman–Crippen MR) is 126 cm³/mol. The SMILES string of the molecule is COc1ccc(CCOC(=O)[C@@H]2CCCN2C(=O)CCCCC2CCSS2)cc1OC. The maximum absolute atomic E-state index is 12.7. The van der Waals surface area contributed by atoms with Gasteiger partial charge in [-0.25, -0.2) is 4.79 Å². The topological polar surface area (TPSA) is 65.1 Å². The smallest absolute Gasteiger partial charge is 0.328 e. The maximum atomic E-state index is 12.7. The first kappa shape index (κ1) is 24.1. The summed E-state index contributed by atoms with van der Waals surface area (Å²) in [5, 5.41) is 0.750. The van der Waals surface area contributed by atoms with Gasteiger partial charge in [-0.15, -0.1) is 0 Å². The Balaban J connectivity index is 1.40. The van der Waals surface area contributed by atoms with Crippen LogP contribution in [0.15, 0.2) is 18.2 Å². The van der Waals surface area contributed by atoms with E-state index < -0.39 is 6.04 Å². The van der Waals surface area contributed by atoms with Gasteiger partial charge in [0.1, 0.15) is 6.04 Å². The highest BCUT2D eigenvalue weighted by molar-refractivity contribution is 8.77. The molecule has 6 nitrogen and oxygen atoms in total. The molecule has 2 fully saturated rings. The number of ether oxygens (including phenoxy) is 3. The Labute approximate surface area is 193 Å². The zero-order valence-electron chi connectivity index (χ0n) is 18.5. The first-order chi connectivity index (χ1) is 15.1. The van der Waals surface area contributed by atoms with E-state index in [4.69, 9.17) is 14.2 Å². The van der Waals surface area contributed by atoms with Gasteiger partial charge in [0.2, 0.25) is 5.91 Å². The van der Waals surface area contributed by atoms with Gasteiger partial charge in [-0.1, -0.05) is 34.1 Å². The number of likely N-dealkylation sites (tertiary alicyclic amines) is 1. The summed E-state index contributed by atoms with van der Waals surface area (Å²) in [5.74, 6) is 2.38. The van der Waals surface area contributed by atoms with Crippen molar-refractivity contribution in [2.24, 2.45) is 0 Å². The van der Waals surface area contributed by atoms with Crippen LogP contribution < -0.4 is 9.47 Å². The van der Waals surface area contributed by atoms with E-state index in [-0.39, 0.29) is 18.5 Å². The van der Waals surface area contributed by atoms with Gasteiger partial charge in [-0.3, -0.25) is 4.79 Å². The number of amides is 1. The fourth-order valence-corrected chi connectivity index (χ4v) is 7.10. The third kappa shape index (κ3) is 6.97. The molecule has 0 radical (unpaired) electrons. The molecule has 0 spiro atoms. The molecule has 0 bridgehead atoms. The van der Waals surface area contributed by atoms with Gasteiger partial charge in [-0.2, -0.15) is 0 Å². The Kier molecular flexibility index (Phi) is 9.71. The molecule has 2 atom stereocenters. The summed E-state index contributed by atoms with van der Waals surface area (Å²) in [5.41, 5.74) is 1.00. The number of hydrogen-bond acceptors (Lipinski definition) is 7. The van der Waals surface area contributed by atoms with Gasteiger partial charge >= 0.3 is 5.97 Å². The molecule has 0 saturated carbocycles. The molecule has 8 heteroatoms. The normalized spacial score (nSPS) is 20.6. The summed E-state index contributed by atoms with van der Waals surface area (Å²) in [7, 11) is 7.14. The fourth-order valence-electron chi connectivity index (χ4n) is 4.07. The highest BCUT2D eigenvalue weighted by Crippen LogP contribution is 2.40. The Morgan fingerprint density at radius 2 is 1.97 bits per heavy atom. The quantitative estimate of drug-likeness (QED) is 0.270. The monoisotopic (exact) mass is 467 g/mol. The van der Waals surface area contributed by atoms with Crippen LogP contribution in [-0.2, 0) is 20.7 Å². The Morgan fingerprint density at radius 3 is 2.71 bits per heavy atom. The van der Waals surface area contributed by atoms with Crippen LogP contribution in [0.2, 0.25) is 0 Å². The van der Waals surface area contributed by atoms with E-state index in [0.717, 1.165) is 30.1 Å². The van der Waals surface area contributed by atoms with Gasteiger partial charge < -0.3 is 19.1 Å². The molecule has 0 N–H and O–H groups in total. The van der Waals surface area contributed by atoms with Crippen LogP contribution in [-0.4, -0.2) is 61.2 Å². The van der Waals surface area contributed by atoms with Gasteiger partial charge in [-0.05, 0) is 49.8 Å². The lowest BCUT2D eigenvalue weighted by atomic mass is 10.1. The molecule has 2 heterocycles. The van der Waals surface area contributed by atoms with Crippen molar-refractivity contribution in [3.05, 3.63) is 23.8 Å². The molecule has 0 aromatic heterocycles. The number of carbonyl (C=O) groups excluding carboxylic acids is 2. The number of rotatable bonds is 11. The van der Waals surface area contributed by atoms with Gasteiger partial charge in [0.05, 0.1) is 20.8 Å². The van der Waals surface area contributed by atoms with Crippen molar-refractivity contribution in [1.29, 1.82) is 0 Å². The van der Waals surface area contributed by atoms with Crippen molar-refractivity contribution in [2.45, 2.75) is 62.7 Å². The van der Waals surface area contributed by atoms with Crippen molar-refractivity contribution >= 4 is 33.5 Å². The zero-order valence-corrected chi connectivity index (χ0v) is 20.1. The van der Waals surface area contributed by atoms with E-state index in [9.17, 15) is 9.59 Å². The molecule has 2 aliphatic rings. The molecule has 3 rings (SSSR count). The fraction of sp³-hybridized carbons (Fsp3) is 0.652. The van der Waals surface area contributed by atoms with Crippen molar-refractivity contribution in [2.75, 3.05) is 33.1 Å². The number of benzene rings is 1. The Hall–Kier alpha value is -1.54. The van der Waals surface area contributed by atoms with Crippen LogP contribution in [0.1, 0.15) is 50.5 Å². The van der Waals surface area contributed by atoms with E-state index in [2.05, 4.69) is 0 Å². The molecule has 172 valence electrons. The molecule has 1 aromatic carbocycles. The van der Waals surface area contributed by atoms with E-state index >= 15 is 0 Å². The molecule has 2 saturated heterocycles. The second kappa shape index (κ2) is 12.5. The van der Waals surface area contributed by atoms with Crippen molar-refractivity contribution in [1.82, 2.24) is 4.90 Å². The summed E-state index contributed by atoms with van der Waals surface area (Å²) >= 11 is 0. The summed E-state index contributed by atoms with van der Waals surface area (Å²) < 4.78 is 16.1. The number of carbonyl (C=O) groups is 2. The number of nitrogens with zero attached hydrogens (tertiary/aromatic N) is 1. The Morgan fingerprint density at radius 1 is 1.13 bits per heavy atom. The predicted octanol–water partition coefficient (Wildman–Crippen LogP) is 4.49. The lowest BCUT2D eigenvalue weighted by Crippen LogP contribution is -2.41. The second-order valence-electron chi connectivity index (χ2n) is 7.93. The third-order valence-electron chi connectivity index (χ3n) is 5.82. The third-order valence-corrected chi connectivity index (χ3v) is 8.83. The molecule has 0 aliphatic carbocycles. The molecule has 1 aromatic rings. The maximum Gasteiger partial charge on any atom is 0.328 e. The standard InChI is InChI=1S/C23H33NO5S2/c1-27-20-10-9-17(16-21(20)28-2)11-14-29-23(26)19-7-5-13-24(19)22(25)8-4-3-6-18-12-15-30-31-18/h9-10,16,18-19H,3-8,11-15H2,1-2H3/t18?,19-/m0/s1. The van der Waals surface area contributed by atoms with Crippen molar-refractivity contribution in [3.63, 3.8) is 0 Å². The highest BCUT2D eigenvalue weighted by atomic mass is 33.1. The molecule has 31 heavy (non-hydrogen) atoms. The average Bonchev–Trinajstić information content (AvgIpc) is 3.48. The summed E-state index contributed by atoms with van der Waals surface area (Å²) in [6.07, 6.45) is 7.12. The van der Waals surface area contributed by atoms with Gasteiger partial charge in [0.15, 0.2) is 11.5 Å². The lowest BCUT2D eigenvalue weighted by Gasteiger charge is -2.23. The van der Waals surface area contributed by atoms with Crippen LogP contribution in [0.5, 0.6) is 11.5 Å². The summed E-state index contributed by atoms with van der Waals surface area (Å²) in [4.78, 5) is 27.0. The summed E-state index contributed by atoms with van der Waals surface area (Å²) in [6, 6.07) is 5.24. The van der Waals surface area contributed by atoms with Crippen LogP contribution in [0, 0.1) is 0 Å². The Bertz CT molecular complexity index is 739. The minimum Gasteiger partial charge on any atom is -0.493 e. The average molecular weight is 468 g/mol. The van der Waals surface area contributed by atoms with Crippen LogP contribution in [0.25, 0.3) is 0 Å². The lowest BCUT2D eigenvalue weighted by molar-refractivity contribution is -0.153.